The lowest BCUT2D eigenvalue weighted by molar-refractivity contribution is -0.137. The molecular weight excluding hydrogens is 256 g/mol. The van der Waals surface area contributed by atoms with Gasteiger partial charge in [-0.1, -0.05) is 12.1 Å². The van der Waals surface area contributed by atoms with Crippen LogP contribution in [0.2, 0.25) is 0 Å². The summed E-state index contributed by atoms with van der Waals surface area (Å²) in [6.45, 7) is 2.47. The van der Waals surface area contributed by atoms with E-state index in [4.69, 9.17) is 9.84 Å². The highest BCUT2D eigenvalue weighted by Crippen LogP contribution is 2.18. The monoisotopic (exact) mass is 276 g/mol. The molecule has 0 radical (unpaired) electrons. The zero-order valence-electron chi connectivity index (χ0n) is 11.9. The SMILES string of the molecule is COC(C)CCc1nc2ccccc2n1CCC(=O)O. The first-order valence-electron chi connectivity index (χ1n) is 6.80. The average molecular weight is 276 g/mol. The number of hydrogen-bond acceptors (Lipinski definition) is 3. The number of para-hydroxylation sites is 2. The molecule has 1 heterocycles. The summed E-state index contributed by atoms with van der Waals surface area (Å²) in [5.74, 6) is 0.135. The van der Waals surface area contributed by atoms with Crippen molar-refractivity contribution in [3.63, 3.8) is 0 Å². The van der Waals surface area contributed by atoms with Gasteiger partial charge in [-0.3, -0.25) is 4.79 Å². The molecule has 0 aliphatic carbocycles. The summed E-state index contributed by atoms with van der Waals surface area (Å²) < 4.78 is 7.26. The highest BCUT2D eigenvalue weighted by atomic mass is 16.5. The molecule has 0 aliphatic heterocycles. The Morgan fingerprint density at radius 2 is 2.20 bits per heavy atom. The van der Waals surface area contributed by atoms with E-state index in [1.165, 1.54) is 0 Å². The van der Waals surface area contributed by atoms with Gasteiger partial charge in [0.05, 0.1) is 23.6 Å². The zero-order chi connectivity index (χ0) is 14.5. The maximum Gasteiger partial charge on any atom is 0.305 e. The lowest BCUT2D eigenvalue weighted by atomic mass is 10.2. The summed E-state index contributed by atoms with van der Waals surface area (Å²) in [5.41, 5.74) is 1.91. The van der Waals surface area contributed by atoms with E-state index >= 15 is 0 Å². The largest absolute Gasteiger partial charge is 0.481 e. The predicted molar refractivity (Wildman–Crippen MR) is 76.8 cm³/mol. The molecule has 5 nitrogen and oxygen atoms in total. The van der Waals surface area contributed by atoms with Gasteiger partial charge in [0.1, 0.15) is 5.82 Å². The first-order chi connectivity index (χ1) is 9.61. The van der Waals surface area contributed by atoms with Crippen molar-refractivity contribution in [1.82, 2.24) is 9.55 Å². The number of aryl methyl sites for hydroxylation is 2. The van der Waals surface area contributed by atoms with Crippen LogP contribution < -0.4 is 0 Å². The summed E-state index contributed by atoms with van der Waals surface area (Å²) in [7, 11) is 1.69. The van der Waals surface area contributed by atoms with Crippen LogP contribution in [0.3, 0.4) is 0 Å². The molecule has 0 spiro atoms. The van der Waals surface area contributed by atoms with Crippen molar-refractivity contribution in [2.24, 2.45) is 0 Å². The summed E-state index contributed by atoms with van der Waals surface area (Å²) in [6, 6.07) is 7.82. The van der Waals surface area contributed by atoms with Crippen molar-refractivity contribution < 1.29 is 14.6 Å². The van der Waals surface area contributed by atoms with Gasteiger partial charge in [-0.2, -0.15) is 0 Å². The molecule has 0 saturated heterocycles. The Kier molecular flexibility index (Phi) is 4.74. The van der Waals surface area contributed by atoms with Crippen LogP contribution in [0.15, 0.2) is 24.3 Å². The van der Waals surface area contributed by atoms with Gasteiger partial charge in [-0.15, -0.1) is 0 Å². The fourth-order valence-corrected chi connectivity index (χ4v) is 2.22. The molecule has 20 heavy (non-hydrogen) atoms. The second kappa shape index (κ2) is 6.52. The number of methoxy groups -OCH3 is 1. The van der Waals surface area contributed by atoms with Gasteiger partial charge in [0.2, 0.25) is 0 Å². The number of rotatable bonds is 7. The fraction of sp³-hybridized carbons (Fsp3) is 0.467. The predicted octanol–water partition coefficient (Wildman–Crippen LogP) is 2.48. The number of imidazole rings is 1. The van der Waals surface area contributed by atoms with Crippen LogP contribution >= 0.6 is 0 Å². The van der Waals surface area contributed by atoms with Gasteiger partial charge in [0.15, 0.2) is 0 Å². The third-order valence-corrected chi connectivity index (χ3v) is 3.46. The first-order valence-corrected chi connectivity index (χ1v) is 6.80. The lowest BCUT2D eigenvalue weighted by Crippen LogP contribution is -2.11. The molecule has 1 aromatic heterocycles. The van der Waals surface area contributed by atoms with Crippen LogP contribution in [-0.2, 0) is 22.5 Å². The first kappa shape index (κ1) is 14.5. The Morgan fingerprint density at radius 1 is 1.45 bits per heavy atom. The number of carbonyl (C=O) groups is 1. The van der Waals surface area contributed by atoms with Crippen LogP contribution in [0.25, 0.3) is 11.0 Å². The minimum absolute atomic E-state index is 0.104. The van der Waals surface area contributed by atoms with Gasteiger partial charge in [0, 0.05) is 20.1 Å². The van der Waals surface area contributed by atoms with Crippen LogP contribution in [-0.4, -0.2) is 33.8 Å². The quantitative estimate of drug-likeness (QED) is 0.843. The summed E-state index contributed by atoms with van der Waals surface area (Å²) in [4.78, 5) is 15.4. The smallest absolute Gasteiger partial charge is 0.305 e. The zero-order valence-corrected chi connectivity index (χ0v) is 11.9. The minimum atomic E-state index is -0.793. The van der Waals surface area contributed by atoms with Crippen molar-refractivity contribution in [1.29, 1.82) is 0 Å². The van der Waals surface area contributed by atoms with Crippen molar-refractivity contribution >= 4 is 17.0 Å². The average Bonchev–Trinajstić information content (AvgIpc) is 2.80. The molecule has 5 heteroatoms. The number of carboxylic acid groups (broad SMARTS) is 1. The molecule has 0 fully saturated rings. The number of aliphatic carboxylic acids is 1. The molecule has 2 rings (SSSR count). The topological polar surface area (TPSA) is 64.4 Å². The van der Waals surface area contributed by atoms with Gasteiger partial charge in [-0.25, -0.2) is 4.98 Å². The van der Waals surface area contributed by atoms with Crippen molar-refractivity contribution in [3.05, 3.63) is 30.1 Å². The number of ether oxygens (including phenoxy) is 1. The molecule has 2 aromatic rings. The Hall–Kier alpha value is -1.88. The molecule has 1 atom stereocenters. The third-order valence-electron chi connectivity index (χ3n) is 3.46. The molecule has 0 saturated carbocycles. The van der Waals surface area contributed by atoms with Crippen LogP contribution in [0.1, 0.15) is 25.6 Å². The second-order valence-corrected chi connectivity index (χ2v) is 4.90. The molecule has 1 unspecified atom stereocenters. The van der Waals surface area contributed by atoms with Crippen molar-refractivity contribution in [2.75, 3.05) is 7.11 Å². The summed E-state index contributed by atoms with van der Waals surface area (Å²) >= 11 is 0. The standard InChI is InChI=1S/C15H20N2O3/c1-11(20-2)7-8-14-16-12-5-3-4-6-13(12)17(14)10-9-15(18)19/h3-6,11H,7-10H2,1-2H3,(H,18,19). The number of aromatic nitrogens is 2. The number of hydrogen-bond donors (Lipinski definition) is 1. The lowest BCUT2D eigenvalue weighted by Gasteiger charge is -2.11. The maximum absolute atomic E-state index is 10.8. The van der Waals surface area contributed by atoms with Crippen LogP contribution in [0.4, 0.5) is 0 Å². The number of fused-ring (bicyclic) bond motifs is 1. The van der Waals surface area contributed by atoms with E-state index in [0.29, 0.717) is 6.54 Å². The normalized spacial score (nSPS) is 12.7. The summed E-state index contributed by atoms with van der Waals surface area (Å²) in [6.07, 6.45) is 1.92. The molecular formula is C15H20N2O3. The maximum atomic E-state index is 10.8. The molecule has 108 valence electrons. The number of benzene rings is 1. The highest BCUT2D eigenvalue weighted by molar-refractivity contribution is 5.76. The van der Waals surface area contributed by atoms with E-state index in [-0.39, 0.29) is 12.5 Å². The Balaban J connectivity index is 2.26. The molecule has 1 N–H and O–H groups in total. The number of nitrogens with zero attached hydrogens (tertiary/aromatic N) is 2. The third kappa shape index (κ3) is 3.36. The Morgan fingerprint density at radius 3 is 2.90 bits per heavy atom. The molecule has 1 aromatic carbocycles. The van der Waals surface area contributed by atoms with E-state index in [2.05, 4.69) is 4.98 Å². The van der Waals surface area contributed by atoms with E-state index < -0.39 is 5.97 Å². The number of carboxylic acids is 1. The van der Waals surface area contributed by atoms with Gasteiger partial charge in [-0.05, 0) is 25.5 Å². The van der Waals surface area contributed by atoms with E-state index in [1.54, 1.807) is 7.11 Å². The molecule has 0 amide bonds. The van der Waals surface area contributed by atoms with Crippen LogP contribution in [0.5, 0.6) is 0 Å². The van der Waals surface area contributed by atoms with E-state index in [9.17, 15) is 4.79 Å². The summed E-state index contributed by atoms with van der Waals surface area (Å²) in [5, 5.41) is 8.88. The van der Waals surface area contributed by atoms with Gasteiger partial charge >= 0.3 is 5.97 Å². The van der Waals surface area contributed by atoms with E-state index in [1.807, 2.05) is 35.8 Å². The van der Waals surface area contributed by atoms with Gasteiger partial charge in [0.25, 0.3) is 0 Å². The second-order valence-electron chi connectivity index (χ2n) is 4.90. The molecule has 0 bridgehead atoms. The minimum Gasteiger partial charge on any atom is -0.481 e. The van der Waals surface area contributed by atoms with E-state index in [0.717, 1.165) is 29.7 Å². The van der Waals surface area contributed by atoms with Crippen molar-refractivity contribution in [2.45, 2.75) is 38.8 Å². The van der Waals surface area contributed by atoms with Gasteiger partial charge < -0.3 is 14.4 Å². The highest BCUT2D eigenvalue weighted by Gasteiger charge is 2.12. The van der Waals surface area contributed by atoms with Crippen molar-refractivity contribution in [3.8, 4) is 0 Å². The Bertz CT molecular complexity index is 592. The fourth-order valence-electron chi connectivity index (χ4n) is 2.22. The Labute approximate surface area is 118 Å². The molecule has 0 aliphatic rings. The van der Waals surface area contributed by atoms with Crippen LogP contribution in [0, 0.1) is 0 Å².